The maximum atomic E-state index is 14.7. The zero-order valence-corrected chi connectivity index (χ0v) is 30.7. The number of methoxy groups -OCH3 is 1. The van der Waals surface area contributed by atoms with Crippen molar-refractivity contribution < 1.29 is 22.3 Å². The van der Waals surface area contributed by atoms with E-state index in [0.717, 1.165) is 39.5 Å². The monoisotopic (exact) mass is 719 g/mol. The minimum absolute atomic E-state index is 0.270. The lowest BCUT2D eigenvalue weighted by molar-refractivity contribution is 0.129. The Bertz CT molecular complexity index is 2170. The zero-order valence-electron chi connectivity index (χ0n) is 29.7. The highest BCUT2D eigenvalue weighted by Gasteiger charge is 2.52. The summed E-state index contributed by atoms with van der Waals surface area (Å²) < 4.78 is 60.5. The Labute approximate surface area is 302 Å². The summed E-state index contributed by atoms with van der Waals surface area (Å²) in [7, 11) is -1.39. The summed E-state index contributed by atoms with van der Waals surface area (Å²) in [6, 6.07) is 28.5. The highest BCUT2D eigenvalue weighted by Crippen LogP contribution is 2.41. The van der Waals surface area contributed by atoms with E-state index in [1.807, 2.05) is 78.4 Å². The molecule has 7 nitrogen and oxygen atoms in total. The average Bonchev–Trinajstić information content (AvgIpc) is 3.77. The third-order valence-corrected chi connectivity index (χ3v) is 14.8. The number of rotatable bonds is 9. The van der Waals surface area contributed by atoms with Crippen LogP contribution in [0.3, 0.4) is 0 Å². The van der Waals surface area contributed by atoms with Gasteiger partial charge in [-0.2, -0.15) is 5.10 Å². The molecule has 0 radical (unpaired) electrons. The minimum atomic E-state index is -3.01. The Morgan fingerprint density at radius 3 is 2.10 bits per heavy atom. The molecule has 0 saturated heterocycles. The van der Waals surface area contributed by atoms with Crippen molar-refractivity contribution in [3.05, 3.63) is 149 Å². The van der Waals surface area contributed by atoms with Crippen molar-refractivity contribution >= 4 is 30.8 Å². The number of ether oxygens (including phenoxy) is 1. The van der Waals surface area contributed by atoms with Gasteiger partial charge in [0.2, 0.25) is 0 Å². The van der Waals surface area contributed by atoms with Crippen LogP contribution in [0.5, 0.6) is 5.75 Å². The molecule has 0 fully saturated rings. The molecule has 1 aliphatic heterocycles. The summed E-state index contributed by atoms with van der Waals surface area (Å²) in [5.74, 6) is -3.01. The molecule has 6 aromatic rings. The van der Waals surface area contributed by atoms with Crippen molar-refractivity contribution in [1.29, 1.82) is 0 Å². The molecule has 2 atom stereocenters. The lowest BCUT2D eigenvalue weighted by Crippen LogP contribution is -2.68. The first-order chi connectivity index (χ1) is 25.0. The number of nitrogens with zero attached hydrogens (tertiary/aromatic N) is 5. The second kappa shape index (κ2) is 14.0. The molecule has 0 amide bonds. The van der Waals surface area contributed by atoms with Crippen molar-refractivity contribution in [1.82, 2.24) is 24.3 Å². The largest absolute Gasteiger partial charge is 0.495 e. The highest BCUT2D eigenvalue weighted by atomic mass is 28.4. The SMILES string of the molecule is COc1cc(C=Cc2nc3n(n2)CC(O[Si](c2ccccc2)(c2ccccc2)C(C)(C)C)CC3c2cc(F)c(F)c(F)c2)ccc1-n1cnc(C)c1. The Morgan fingerprint density at radius 1 is 0.865 bits per heavy atom. The van der Waals surface area contributed by atoms with Gasteiger partial charge in [0.1, 0.15) is 11.6 Å². The van der Waals surface area contributed by atoms with Gasteiger partial charge in [0.15, 0.2) is 23.3 Å². The van der Waals surface area contributed by atoms with Crippen molar-refractivity contribution in [3.8, 4) is 11.4 Å². The number of hydrogen-bond acceptors (Lipinski definition) is 5. The summed E-state index contributed by atoms with van der Waals surface area (Å²) in [4.78, 5) is 9.17. The van der Waals surface area contributed by atoms with E-state index < -0.39 is 37.8 Å². The number of benzene rings is 4. The van der Waals surface area contributed by atoms with Gasteiger partial charge < -0.3 is 13.7 Å². The molecule has 4 aromatic carbocycles. The number of fused-ring (bicyclic) bond motifs is 1. The van der Waals surface area contributed by atoms with E-state index in [0.29, 0.717) is 30.4 Å². The number of aromatic nitrogens is 5. The number of aryl methyl sites for hydroxylation is 1. The lowest BCUT2D eigenvalue weighted by atomic mass is 9.89. The molecular formula is C41H40F3N5O2Si. The first-order valence-corrected chi connectivity index (χ1v) is 19.1. The summed E-state index contributed by atoms with van der Waals surface area (Å²) in [6.07, 6.45) is 7.29. The minimum Gasteiger partial charge on any atom is -0.495 e. The van der Waals surface area contributed by atoms with Crippen LogP contribution in [-0.4, -0.2) is 45.8 Å². The van der Waals surface area contributed by atoms with Crippen LogP contribution in [0.15, 0.2) is 104 Å². The van der Waals surface area contributed by atoms with Gasteiger partial charge in [0.05, 0.1) is 37.5 Å². The fourth-order valence-electron chi connectivity index (χ4n) is 7.29. The van der Waals surface area contributed by atoms with Gasteiger partial charge in [-0.1, -0.05) is 93.6 Å². The van der Waals surface area contributed by atoms with E-state index >= 15 is 0 Å². The van der Waals surface area contributed by atoms with Crippen LogP contribution < -0.4 is 15.1 Å². The number of imidazole rings is 1. The Balaban J connectivity index is 1.28. The summed E-state index contributed by atoms with van der Waals surface area (Å²) in [5.41, 5.74) is 2.87. The predicted octanol–water partition coefficient (Wildman–Crippen LogP) is 7.85. The molecule has 0 bridgehead atoms. The van der Waals surface area contributed by atoms with E-state index in [1.165, 1.54) is 0 Å². The van der Waals surface area contributed by atoms with Crippen LogP contribution in [0.4, 0.5) is 13.2 Å². The Kier molecular flexibility index (Phi) is 9.49. The molecule has 0 N–H and O–H groups in total. The number of halogens is 3. The first-order valence-electron chi connectivity index (χ1n) is 17.2. The molecule has 2 aromatic heterocycles. The average molecular weight is 720 g/mol. The van der Waals surface area contributed by atoms with Crippen LogP contribution in [0.25, 0.3) is 17.8 Å². The smallest absolute Gasteiger partial charge is 0.261 e. The zero-order chi connectivity index (χ0) is 36.6. The molecule has 0 aliphatic carbocycles. The first kappa shape index (κ1) is 35.2. The fourth-order valence-corrected chi connectivity index (χ4v) is 12.0. The van der Waals surface area contributed by atoms with Gasteiger partial charge in [0.25, 0.3) is 8.32 Å². The van der Waals surface area contributed by atoms with E-state index in [2.05, 4.69) is 50.0 Å². The second-order valence-electron chi connectivity index (χ2n) is 14.2. The fraction of sp³-hybridized carbons (Fsp3) is 0.244. The third-order valence-electron chi connectivity index (χ3n) is 9.69. The second-order valence-corrected chi connectivity index (χ2v) is 18.4. The molecule has 7 rings (SSSR count). The van der Waals surface area contributed by atoms with Crippen molar-refractivity contribution in [2.45, 2.75) is 57.7 Å². The van der Waals surface area contributed by atoms with Crippen LogP contribution in [0, 0.1) is 24.4 Å². The molecule has 11 heteroatoms. The van der Waals surface area contributed by atoms with E-state index in [1.54, 1.807) is 24.2 Å². The van der Waals surface area contributed by atoms with Crippen LogP contribution in [0.2, 0.25) is 5.04 Å². The quantitative estimate of drug-likeness (QED) is 0.113. The highest BCUT2D eigenvalue weighted by molar-refractivity contribution is 6.99. The maximum absolute atomic E-state index is 14.7. The van der Waals surface area contributed by atoms with E-state index in [9.17, 15) is 13.2 Å². The molecule has 0 spiro atoms. The standard InChI is InChI=1S/C41H40F3N5O2Si/c1-27-24-48(26-45-27)36-18-16-28(20-37(36)50-5)17-19-38-46-40-33(29-21-34(42)39(44)35(43)22-29)23-30(25-49(40)47-38)51-52(41(2,3)4,31-12-8-6-9-13-31)32-14-10-7-11-15-32/h6-22,24,26,30,33H,23,25H2,1-5H3. The van der Waals surface area contributed by atoms with Gasteiger partial charge in [-0.15, -0.1) is 0 Å². The van der Waals surface area contributed by atoms with Crippen molar-refractivity contribution in [3.63, 3.8) is 0 Å². The molecule has 3 heterocycles. The van der Waals surface area contributed by atoms with Gasteiger partial charge in [0, 0.05) is 12.1 Å². The maximum Gasteiger partial charge on any atom is 0.261 e. The molecule has 52 heavy (non-hydrogen) atoms. The Morgan fingerprint density at radius 2 is 1.52 bits per heavy atom. The van der Waals surface area contributed by atoms with E-state index in [4.69, 9.17) is 19.2 Å². The summed E-state index contributed by atoms with van der Waals surface area (Å²) in [5, 5.41) is 6.77. The van der Waals surface area contributed by atoms with Gasteiger partial charge in [-0.05, 0) is 70.2 Å². The van der Waals surface area contributed by atoms with Crippen LogP contribution >= 0.6 is 0 Å². The van der Waals surface area contributed by atoms with Crippen LogP contribution in [-0.2, 0) is 11.0 Å². The van der Waals surface area contributed by atoms with E-state index in [-0.39, 0.29) is 10.6 Å². The van der Waals surface area contributed by atoms with Crippen LogP contribution in [0.1, 0.15) is 61.6 Å². The van der Waals surface area contributed by atoms with Gasteiger partial charge in [-0.25, -0.2) is 27.8 Å². The van der Waals surface area contributed by atoms with Gasteiger partial charge >= 0.3 is 0 Å². The predicted molar refractivity (Wildman–Crippen MR) is 199 cm³/mol. The van der Waals surface area contributed by atoms with Crippen molar-refractivity contribution in [2.24, 2.45) is 0 Å². The normalized spacial score (nSPS) is 16.3. The number of hydrogen-bond donors (Lipinski definition) is 0. The van der Waals surface area contributed by atoms with Gasteiger partial charge in [-0.3, -0.25) is 0 Å². The summed E-state index contributed by atoms with van der Waals surface area (Å²) in [6.45, 7) is 8.90. The lowest BCUT2D eigenvalue weighted by Gasteiger charge is -2.46. The topological polar surface area (TPSA) is 67.0 Å². The third kappa shape index (κ3) is 6.62. The Hall–Kier alpha value is -5.26. The summed E-state index contributed by atoms with van der Waals surface area (Å²) >= 11 is 0. The molecular weight excluding hydrogens is 680 g/mol. The van der Waals surface area contributed by atoms with Crippen molar-refractivity contribution in [2.75, 3.05) is 7.11 Å². The molecule has 1 aliphatic rings. The molecule has 2 unspecified atom stereocenters. The molecule has 0 saturated carbocycles. The molecule has 266 valence electrons.